The molecular weight excluding hydrogens is 362 g/mol. The zero-order valence-electron chi connectivity index (χ0n) is 15.0. The third-order valence-corrected chi connectivity index (χ3v) is 5.09. The molecule has 6 heteroatoms. The molecule has 0 aliphatic heterocycles. The van der Waals surface area contributed by atoms with Crippen molar-refractivity contribution in [3.63, 3.8) is 0 Å². The van der Waals surface area contributed by atoms with Crippen LogP contribution in [0.25, 0.3) is 10.8 Å². The molecule has 3 aromatic carbocycles. The van der Waals surface area contributed by atoms with E-state index in [0.29, 0.717) is 10.6 Å². The van der Waals surface area contributed by atoms with Crippen LogP contribution in [0.5, 0.6) is 0 Å². The van der Waals surface area contributed by atoms with Crippen LogP contribution in [0.1, 0.15) is 17.3 Å². The van der Waals surface area contributed by atoms with Gasteiger partial charge in [0.05, 0.1) is 21.3 Å². The van der Waals surface area contributed by atoms with Crippen molar-refractivity contribution in [2.45, 2.75) is 17.9 Å². The quantitative estimate of drug-likeness (QED) is 0.683. The van der Waals surface area contributed by atoms with Crippen molar-refractivity contribution in [1.82, 2.24) is 0 Å². The van der Waals surface area contributed by atoms with E-state index in [9.17, 15) is 13.8 Å². The van der Waals surface area contributed by atoms with Gasteiger partial charge in [-0.3, -0.25) is 9.00 Å². The maximum Gasteiger partial charge on any atom is 0.340 e. The van der Waals surface area contributed by atoms with E-state index < -0.39 is 28.8 Å². The van der Waals surface area contributed by atoms with Gasteiger partial charge in [0, 0.05) is 17.3 Å². The van der Waals surface area contributed by atoms with Gasteiger partial charge in [0.2, 0.25) is 0 Å². The average molecular weight is 381 g/mol. The fraction of sp³-hybridized carbons (Fsp3) is 0.143. The highest BCUT2D eigenvalue weighted by atomic mass is 32.2. The number of carbonyl (C=O) groups is 2. The first-order chi connectivity index (χ1) is 13.0. The van der Waals surface area contributed by atoms with Gasteiger partial charge in [-0.25, -0.2) is 4.79 Å². The van der Waals surface area contributed by atoms with E-state index in [0.717, 1.165) is 10.8 Å². The summed E-state index contributed by atoms with van der Waals surface area (Å²) >= 11 is 0. The van der Waals surface area contributed by atoms with E-state index in [4.69, 9.17) is 4.74 Å². The Morgan fingerprint density at radius 1 is 0.963 bits per heavy atom. The van der Waals surface area contributed by atoms with Crippen LogP contribution in [0.3, 0.4) is 0 Å². The second kappa shape index (κ2) is 8.14. The Bertz CT molecular complexity index is 1030. The van der Waals surface area contributed by atoms with Gasteiger partial charge in [0.1, 0.15) is 0 Å². The third kappa shape index (κ3) is 4.23. The number of anilines is 1. The van der Waals surface area contributed by atoms with Gasteiger partial charge < -0.3 is 10.1 Å². The first-order valence-electron chi connectivity index (χ1n) is 8.39. The zero-order valence-corrected chi connectivity index (χ0v) is 15.8. The first-order valence-corrected chi connectivity index (χ1v) is 9.95. The number of rotatable bonds is 5. The van der Waals surface area contributed by atoms with E-state index >= 15 is 0 Å². The molecule has 3 rings (SSSR count). The maximum absolute atomic E-state index is 12.5. The van der Waals surface area contributed by atoms with Crippen molar-refractivity contribution in [1.29, 1.82) is 0 Å². The topological polar surface area (TPSA) is 72.5 Å². The molecule has 1 amide bonds. The third-order valence-electron chi connectivity index (χ3n) is 4.12. The Morgan fingerprint density at radius 2 is 1.63 bits per heavy atom. The van der Waals surface area contributed by atoms with E-state index in [-0.39, 0.29) is 5.56 Å². The maximum atomic E-state index is 12.5. The molecule has 0 saturated heterocycles. The first kappa shape index (κ1) is 18.8. The molecular formula is C21H19NO4S. The lowest BCUT2D eigenvalue weighted by Gasteiger charge is -2.15. The molecule has 0 bridgehead atoms. The monoisotopic (exact) mass is 381 g/mol. The predicted molar refractivity (Wildman–Crippen MR) is 106 cm³/mol. The van der Waals surface area contributed by atoms with Crippen molar-refractivity contribution < 1.29 is 18.5 Å². The molecule has 0 radical (unpaired) electrons. The summed E-state index contributed by atoms with van der Waals surface area (Å²) in [6.45, 7) is 1.50. The zero-order chi connectivity index (χ0) is 19.4. The van der Waals surface area contributed by atoms with Gasteiger partial charge >= 0.3 is 5.97 Å². The fourth-order valence-corrected chi connectivity index (χ4v) is 3.46. The van der Waals surface area contributed by atoms with Gasteiger partial charge in [0.25, 0.3) is 5.91 Å². The van der Waals surface area contributed by atoms with Crippen molar-refractivity contribution >= 4 is 39.1 Å². The summed E-state index contributed by atoms with van der Waals surface area (Å²) in [4.78, 5) is 25.3. The predicted octanol–water partition coefficient (Wildman–Crippen LogP) is 3.76. The minimum Gasteiger partial charge on any atom is -0.449 e. The number of amides is 1. The molecule has 0 fully saturated rings. The lowest BCUT2D eigenvalue weighted by atomic mass is 10.1. The van der Waals surface area contributed by atoms with Crippen LogP contribution in [-0.2, 0) is 20.3 Å². The summed E-state index contributed by atoms with van der Waals surface area (Å²) in [5.74, 6) is -1.11. The molecule has 2 atom stereocenters. The summed E-state index contributed by atoms with van der Waals surface area (Å²) in [5.41, 5.74) is 0.846. The molecule has 0 aliphatic carbocycles. The minimum atomic E-state index is -1.34. The number of ether oxygens (including phenoxy) is 1. The van der Waals surface area contributed by atoms with Crippen LogP contribution in [0.4, 0.5) is 5.69 Å². The number of hydrogen-bond acceptors (Lipinski definition) is 4. The highest BCUT2D eigenvalue weighted by molar-refractivity contribution is 7.84. The largest absolute Gasteiger partial charge is 0.449 e. The van der Waals surface area contributed by atoms with Gasteiger partial charge in [-0.1, -0.05) is 48.5 Å². The summed E-state index contributed by atoms with van der Waals surface area (Å²) in [6.07, 6.45) is 0.484. The lowest BCUT2D eigenvalue weighted by molar-refractivity contribution is -0.123. The number of hydrogen-bond donors (Lipinski definition) is 1. The highest BCUT2D eigenvalue weighted by Crippen LogP contribution is 2.23. The van der Waals surface area contributed by atoms with Gasteiger partial charge in [-0.05, 0) is 30.5 Å². The summed E-state index contributed by atoms with van der Waals surface area (Å²) in [6, 6.07) is 19.8. The standard InChI is InChI=1S/C21H19NO4S/c1-14(26-21(24)17-11-5-6-13-19(17)27(2)25)20(23)22-18-12-7-9-15-8-3-4-10-16(15)18/h3-14H,1-2H3,(H,22,23)/t14-,27+/m0/s1. The Hall–Kier alpha value is -2.99. The van der Waals surface area contributed by atoms with Crippen molar-refractivity contribution in [2.24, 2.45) is 0 Å². The molecule has 0 aromatic heterocycles. The lowest BCUT2D eigenvalue weighted by Crippen LogP contribution is -2.30. The summed E-state index contributed by atoms with van der Waals surface area (Å²) < 4.78 is 17.1. The SMILES string of the molecule is C[C@H](OC(=O)c1ccccc1[S@@](C)=O)C(=O)Nc1cccc2ccccc12. The Kier molecular flexibility index (Phi) is 5.66. The van der Waals surface area contributed by atoms with Gasteiger partial charge in [0.15, 0.2) is 6.10 Å². The number of carbonyl (C=O) groups excluding carboxylic acids is 2. The molecule has 0 heterocycles. The normalized spacial score (nSPS) is 13.0. The smallest absolute Gasteiger partial charge is 0.340 e. The Morgan fingerprint density at radius 3 is 2.41 bits per heavy atom. The molecule has 27 heavy (non-hydrogen) atoms. The van der Waals surface area contributed by atoms with Crippen LogP contribution in [0, 0.1) is 0 Å². The molecule has 1 N–H and O–H groups in total. The van der Waals surface area contributed by atoms with Crippen molar-refractivity contribution in [3.05, 3.63) is 72.3 Å². The van der Waals surface area contributed by atoms with Crippen LogP contribution in [-0.4, -0.2) is 28.4 Å². The van der Waals surface area contributed by atoms with Crippen LogP contribution in [0.15, 0.2) is 71.6 Å². The van der Waals surface area contributed by atoms with Gasteiger partial charge in [-0.15, -0.1) is 0 Å². The number of esters is 1. The molecule has 0 aliphatic rings. The van der Waals surface area contributed by atoms with E-state index in [1.165, 1.54) is 19.2 Å². The summed E-state index contributed by atoms with van der Waals surface area (Å²) in [5, 5.41) is 4.70. The minimum absolute atomic E-state index is 0.197. The Balaban J connectivity index is 1.74. The van der Waals surface area contributed by atoms with Crippen LogP contribution < -0.4 is 5.32 Å². The van der Waals surface area contributed by atoms with Crippen molar-refractivity contribution in [2.75, 3.05) is 11.6 Å². The highest BCUT2D eigenvalue weighted by Gasteiger charge is 2.22. The molecule has 3 aromatic rings. The molecule has 5 nitrogen and oxygen atoms in total. The molecule has 0 saturated carbocycles. The number of fused-ring (bicyclic) bond motifs is 1. The molecule has 0 unspecified atom stereocenters. The van der Waals surface area contributed by atoms with Crippen molar-refractivity contribution in [3.8, 4) is 0 Å². The van der Waals surface area contributed by atoms with E-state index in [1.54, 1.807) is 24.3 Å². The second-order valence-corrected chi connectivity index (χ2v) is 7.36. The second-order valence-electron chi connectivity index (χ2n) is 6.01. The number of nitrogens with one attached hydrogen (secondary N) is 1. The summed E-state index contributed by atoms with van der Waals surface area (Å²) in [7, 11) is -1.34. The van der Waals surface area contributed by atoms with Crippen LogP contribution >= 0.6 is 0 Å². The van der Waals surface area contributed by atoms with Crippen LogP contribution in [0.2, 0.25) is 0 Å². The Labute approximate surface area is 159 Å². The average Bonchev–Trinajstić information content (AvgIpc) is 2.68. The van der Waals surface area contributed by atoms with E-state index in [1.807, 2.05) is 36.4 Å². The fourth-order valence-electron chi connectivity index (χ4n) is 2.73. The molecule has 138 valence electrons. The van der Waals surface area contributed by atoms with Gasteiger partial charge in [-0.2, -0.15) is 0 Å². The van der Waals surface area contributed by atoms with E-state index in [2.05, 4.69) is 5.32 Å². The molecule has 0 spiro atoms. The number of benzene rings is 3.